The number of ether oxygens (including phenoxy) is 1. The number of carbonyl (C=O) groups is 1. The minimum Gasteiger partial charge on any atom is -0.594 e. The van der Waals surface area contributed by atoms with Gasteiger partial charge >= 0.3 is 6.09 Å². The zero-order valence-corrected chi connectivity index (χ0v) is 8.85. The average Bonchev–Trinajstić information content (AvgIpc) is 1.99. The van der Waals surface area contributed by atoms with Crippen LogP contribution in [0.25, 0.3) is 0 Å². The highest BCUT2D eigenvalue weighted by atomic mass is 16.6. The van der Waals surface area contributed by atoms with Gasteiger partial charge in [-0.1, -0.05) is 4.85 Å². The second-order valence-electron chi connectivity index (χ2n) is 3.95. The molecule has 0 atom stereocenters. The Labute approximate surface area is 87.4 Å². The maximum atomic E-state index is 11.3. The summed E-state index contributed by atoms with van der Waals surface area (Å²) in [5, 5.41) is 16.6. The average molecular weight is 211 g/mol. The summed E-state index contributed by atoms with van der Waals surface area (Å²) in [6.45, 7) is 5.27. The number of nitrogens with one attached hydrogen (secondary N) is 1. The van der Waals surface area contributed by atoms with Crippen molar-refractivity contribution >= 4 is 11.8 Å². The Morgan fingerprint density at radius 3 is 2.80 bits per heavy atom. The molecule has 0 saturated carbocycles. The molecule has 0 bridgehead atoms. The number of hydrogen-bond donors (Lipinski definition) is 1. The second-order valence-corrected chi connectivity index (χ2v) is 3.95. The SMILES string of the molecule is CC(C)(C)OC(=O)Nc1ccn[n+]([O-])c1. The predicted molar refractivity (Wildman–Crippen MR) is 53.1 cm³/mol. The van der Waals surface area contributed by atoms with Gasteiger partial charge in [0.1, 0.15) is 11.3 Å². The van der Waals surface area contributed by atoms with Crippen LogP contribution in [0, 0.1) is 5.21 Å². The van der Waals surface area contributed by atoms with Gasteiger partial charge < -0.3 is 9.94 Å². The molecule has 0 radical (unpaired) electrons. The maximum absolute atomic E-state index is 11.3. The van der Waals surface area contributed by atoms with Crippen LogP contribution >= 0.6 is 0 Å². The molecule has 1 aromatic heterocycles. The van der Waals surface area contributed by atoms with Gasteiger partial charge in [0.15, 0.2) is 0 Å². The van der Waals surface area contributed by atoms with E-state index in [0.717, 1.165) is 6.20 Å². The highest BCUT2D eigenvalue weighted by Gasteiger charge is 2.16. The van der Waals surface area contributed by atoms with E-state index in [1.54, 1.807) is 20.8 Å². The Morgan fingerprint density at radius 1 is 1.60 bits per heavy atom. The number of nitrogens with zero attached hydrogens (tertiary/aromatic N) is 2. The van der Waals surface area contributed by atoms with Gasteiger partial charge in [0.2, 0.25) is 6.20 Å². The second kappa shape index (κ2) is 4.12. The molecule has 0 saturated heterocycles. The maximum Gasteiger partial charge on any atom is 0.412 e. The lowest BCUT2D eigenvalue weighted by molar-refractivity contribution is -0.668. The lowest BCUT2D eigenvalue weighted by Crippen LogP contribution is -2.32. The molecule has 1 aromatic rings. The van der Waals surface area contributed by atoms with Gasteiger partial charge in [-0.15, -0.1) is 0 Å². The standard InChI is InChI=1S/C9H13N3O3/c1-9(2,3)15-8(13)11-7-4-5-10-12(14)6-7/h4-6H,1-3H3,(H,11,13). The van der Waals surface area contributed by atoms with Gasteiger partial charge in [0.25, 0.3) is 0 Å². The van der Waals surface area contributed by atoms with Crippen molar-refractivity contribution in [2.45, 2.75) is 26.4 Å². The molecule has 6 nitrogen and oxygen atoms in total. The van der Waals surface area contributed by atoms with Gasteiger partial charge in [0, 0.05) is 5.10 Å². The van der Waals surface area contributed by atoms with Crippen LogP contribution in [0.4, 0.5) is 10.5 Å². The van der Waals surface area contributed by atoms with Crippen LogP contribution in [0.1, 0.15) is 20.8 Å². The molecule has 1 rings (SSSR count). The molecule has 1 heterocycles. The molecule has 0 aliphatic heterocycles. The van der Waals surface area contributed by atoms with Crippen LogP contribution in [-0.4, -0.2) is 16.8 Å². The van der Waals surface area contributed by atoms with E-state index < -0.39 is 11.7 Å². The molecule has 0 spiro atoms. The Kier molecular flexibility index (Phi) is 3.08. The summed E-state index contributed by atoms with van der Waals surface area (Å²) in [7, 11) is 0. The number of rotatable bonds is 1. The Morgan fingerprint density at radius 2 is 2.27 bits per heavy atom. The van der Waals surface area contributed by atoms with Crippen molar-refractivity contribution in [3.8, 4) is 0 Å². The van der Waals surface area contributed by atoms with Gasteiger partial charge in [0.05, 0.1) is 6.20 Å². The summed E-state index contributed by atoms with van der Waals surface area (Å²) in [5.74, 6) is 0. The summed E-state index contributed by atoms with van der Waals surface area (Å²) >= 11 is 0. The molecule has 15 heavy (non-hydrogen) atoms. The fraction of sp³-hybridized carbons (Fsp3) is 0.444. The number of anilines is 1. The van der Waals surface area contributed by atoms with E-state index in [1.807, 2.05) is 0 Å². The van der Waals surface area contributed by atoms with E-state index in [9.17, 15) is 10.0 Å². The van der Waals surface area contributed by atoms with E-state index in [0.29, 0.717) is 10.5 Å². The van der Waals surface area contributed by atoms with Crippen molar-refractivity contribution in [2.24, 2.45) is 0 Å². The first kappa shape index (κ1) is 11.2. The van der Waals surface area contributed by atoms with Gasteiger partial charge in [-0.3, -0.25) is 5.32 Å². The molecule has 0 aliphatic carbocycles. The number of aromatic nitrogens is 2. The fourth-order valence-corrected chi connectivity index (χ4v) is 0.870. The smallest absolute Gasteiger partial charge is 0.412 e. The summed E-state index contributed by atoms with van der Waals surface area (Å²) in [5.41, 5.74) is -0.223. The summed E-state index contributed by atoms with van der Waals surface area (Å²) in [6, 6.07) is 1.50. The van der Waals surface area contributed by atoms with Crippen molar-refractivity contribution in [3.63, 3.8) is 0 Å². The number of carbonyl (C=O) groups excluding carboxylic acids is 1. The normalized spacial score (nSPS) is 10.9. The van der Waals surface area contributed by atoms with Crippen LogP contribution in [0.3, 0.4) is 0 Å². The fourth-order valence-electron chi connectivity index (χ4n) is 0.870. The van der Waals surface area contributed by atoms with E-state index in [-0.39, 0.29) is 0 Å². The molecule has 0 aliphatic rings. The number of amides is 1. The molecule has 82 valence electrons. The van der Waals surface area contributed by atoms with E-state index in [2.05, 4.69) is 10.4 Å². The van der Waals surface area contributed by atoms with Gasteiger partial charge in [-0.25, -0.2) is 4.79 Å². The predicted octanol–water partition coefficient (Wildman–Crippen LogP) is 1.06. The van der Waals surface area contributed by atoms with Crippen LogP contribution < -0.4 is 10.2 Å². The van der Waals surface area contributed by atoms with E-state index in [1.165, 1.54) is 12.3 Å². The van der Waals surface area contributed by atoms with Gasteiger partial charge in [-0.2, -0.15) is 0 Å². The lowest BCUT2D eigenvalue weighted by atomic mass is 10.2. The monoisotopic (exact) mass is 211 g/mol. The van der Waals surface area contributed by atoms with Crippen molar-refractivity contribution in [1.82, 2.24) is 5.10 Å². The third-order valence-corrected chi connectivity index (χ3v) is 1.33. The Balaban J connectivity index is 2.59. The molecule has 1 N–H and O–H groups in total. The molecule has 0 fully saturated rings. The topological polar surface area (TPSA) is 78.2 Å². The highest BCUT2D eigenvalue weighted by molar-refractivity contribution is 5.84. The van der Waals surface area contributed by atoms with Crippen molar-refractivity contribution < 1.29 is 14.4 Å². The van der Waals surface area contributed by atoms with Crippen molar-refractivity contribution in [2.75, 3.05) is 5.32 Å². The molecular weight excluding hydrogens is 198 g/mol. The summed E-state index contributed by atoms with van der Waals surface area (Å²) in [6.07, 6.45) is 1.83. The quantitative estimate of drug-likeness (QED) is 0.556. The first-order valence-electron chi connectivity index (χ1n) is 4.42. The number of hydrogen-bond acceptors (Lipinski definition) is 4. The van der Waals surface area contributed by atoms with E-state index >= 15 is 0 Å². The first-order valence-corrected chi connectivity index (χ1v) is 4.42. The Hall–Kier alpha value is -1.85. The zero-order valence-electron chi connectivity index (χ0n) is 8.85. The van der Waals surface area contributed by atoms with Crippen LogP contribution in [0.15, 0.2) is 18.5 Å². The zero-order chi connectivity index (χ0) is 11.5. The van der Waals surface area contributed by atoms with Crippen LogP contribution in [0.5, 0.6) is 0 Å². The van der Waals surface area contributed by atoms with Crippen LogP contribution in [0.2, 0.25) is 0 Å². The molecule has 6 heteroatoms. The lowest BCUT2D eigenvalue weighted by Gasteiger charge is -2.19. The highest BCUT2D eigenvalue weighted by Crippen LogP contribution is 2.09. The van der Waals surface area contributed by atoms with Crippen molar-refractivity contribution in [1.29, 1.82) is 0 Å². The third kappa shape index (κ3) is 4.26. The molecule has 0 aromatic carbocycles. The Bertz CT molecular complexity index is 360. The largest absolute Gasteiger partial charge is 0.594 e. The van der Waals surface area contributed by atoms with Crippen molar-refractivity contribution in [3.05, 3.63) is 23.7 Å². The van der Waals surface area contributed by atoms with E-state index in [4.69, 9.17) is 4.74 Å². The minimum atomic E-state index is -0.603. The van der Waals surface area contributed by atoms with Gasteiger partial charge in [-0.05, 0) is 26.8 Å². The van der Waals surface area contributed by atoms with Crippen LogP contribution in [-0.2, 0) is 4.74 Å². The molecular formula is C9H13N3O3. The minimum absolute atomic E-state index is 0.342. The summed E-state index contributed by atoms with van der Waals surface area (Å²) in [4.78, 5) is 11.6. The third-order valence-electron chi connectivity index (χ3n) is 1.33. The summed E-state index contributed by atoms with van der Waals surface area (Å²) < 4.78 is 5.00. The first-order chi connectivity index (χ1) is 6.87. The molecule has 0 unspecified atom stereocenters. The molecule has 1 amide bonds.